The summed E-state index contributed by atoms with van der Waals surface area (Å²) in [7, 11) is 0. The number of thioether (sulfide) groups is 1. The highest BCUT2D eigenvalue weighted by atomic mass is 32.2. The Labute approximate surface area is 293 Å². The summed E-state index contributed by atoms with van der Waals surface area (Å²) >= 11 is 3.79. The first-order chi connectivity index (χ1) is 23.8. The van der Waals surface area contributed by atoms with Gasteiger partial charge in [-0.05, 0) is 90.5 Å². The molecule has 7 rings (SSSR count). The van der Waals surface area contributed by atoms with E-state index in [0.717, 1.165) is 15.8 Å². The van der Waals surface area contributed by atoms with Gasteiger partial charge < -0.3 is 5.32 Å². The molecule has 9 nitrogen and oxygen atoms in total. The Morgan fingerprint density at radius 2 is 1.67 bits per heavy atom. The molecule has 0 unspecified atom stereocenters. The van der Waals surface area contributed by atoms with E-state index in [9.17, 15) is 19.7 Å². The third-order valence-electron chi connectivity index (χ3n) is 7.49. The van der Waals surface area contributed by atoms with E-state index in [2.05, 4.69) is 10.3 Å². The molecule has 0 saturated carbocycles. The highest BCUT2D eigenvalue weighted by molar-refractivity contribution is 8.19. The number of thiazole rings is 1. The monoisotopic (exact) mass is 699 g/mol. The number of carbonyl (C=O) groups is 2. The van der Waals surface area contributed by atoms with Crippen molar-refractivity contribution in [1.82, 2.24) is 4.98 Å². The fraction of sp³-hybridized carbons (Fsp3) is 0.0270. The largest absolute Gasteiger partial charge is 0.322 e. The molecule has 1 aliphatic rings. The Morgan fingerprint density at radius 1 is 0.939 bits per heavy atom. The van der Waals surface area contributed by atoms with Crippen LogP contribution in [0.15, 0.2) is 140 Å². The second-order valence-corrected chi connectivity index (χ2v) is 14.2. The third kappa shape index (κ3) is 7.02. The van der Waals surface area contributed by atoms with Crippen molar-refractivity contribution in [2.75, 3.05) is 10.2 Å². The van der Waals surface area contributed by atoms with Crippen molar-refractivity contribution in [3.63, 3.8) is 0 Å². The molecule has 1 N–H and O–H groups in total. The van der Waals surface area contributed by atoms with Crippen LogP contribution in [0.3, 0.4) is 0 Å². The number of fused-ring (bicyclic) bond motifs is 1. The number of aryl methyl sites for hydroxylation is 1. The average Bonchev–Trinajstić information content (AvgIpc) is 3.64. The van der Waals surface area contributed by atoms with Crippen molar-refractivity contribution in [3.05, 3.63) is 153 Å². The molecule has 2 amide bonds. The van der Waals surface area contributed by atoms with Crippen LogP contribution in [0.2, 0.25) is 0 Å². The highest BCUT2D eigenvalue weighted by Gasteiger charge is 2.35. The van der Waals surface area contributed by atoms with Crippen LogP contribution in [0.4, 0.5) is 22.7 Å². The molecular formula is C37H25N5O4S3. The van der Waals surface area contributed by atoms with Crippen LogP contribution < -0.4 is 10.2 Å². The van der Waals surface area contributed by atoms with Gasteiger partial charge in [-0.15, -0.1) is 11.3 Å². The molecule has 0 radical (unpaired) electrons. The quantitative estimate of drug-likeness (QED) is 0.0955. The number of nitro groups is 1. The first kappa shape index (κ1) is 32.0. The standard InChI is InChI=1S/C37H25N5O4S3/c1-23-10-8-9-15-28(23)34(43)38-26-17-18-29-32(22-26)49-37(40-29)48-31-19-16-24(20-30(31)42(45)46)21-33-35(44)41(27-13-6-3-7-14-27)36(47-33)39-25-11-4-2-5-12-25/h2-22H,1H3,(H,38,43)/b33-21-,39-36?. The Kier molecular flexibility index (Phi) is 9.07. The van der Waals surface area contributed by atoms with Gasteiger partial charge in [-0.1, -0.05) is 72.4 Å². The number of anilines is 2. The number of nitro benzene ring substituents is 1. The van der Waals surface area contributed by atoms with E-state index >= 15 is 0 Å². The molecule has 0 atom stereocenters. The topological polar surface area (TPSA) is 118 Å². The van der Waals surface area contributed by atoms with E-state index in [-0.39, 0.29) is 17.5 Å². The van der Waals surface area contributed by atoms with Crippen LogP contribution in [0.25, 0.3) is 16.3 Å². The summed E-state index contributed by atoms with van der Waals surface area (Å²) in [4.78, 5) is 50.1. The smallest absolute Gasteiger partial charge is 0.283 e. The van der Waals surface area contributed by atoms with Gasteiger partial charge in [-0.25, -0.2) is 9.98 Å². The van der Waals surface area contributed by atoms with Gasteiger partial charge >= 0.3 is 0 Å². The lowest BCUT2D eigenvalue weighted by Gasteiger charge is -2.15. The predicted molar refractivity (Wildman–Crippen MR) is 199 cm³/mol. The number of hydrogen-bond donors (Lipinski definition) is 1. The lowest BCUT2D eigenvalue weighted by Crippen LogP contribution is -2.28. The van der Waals surface area contributed by atoms with Crippen molar-refractivity contribution in [3.8, 4) is 0 Å². The fourth-order valence-corrected chi connectivity index (χ4v) is 8.26. The maximum Gasteiger partial charge on any atom is 0.283 e. The molecule has 240 valence electrons. The molecular weight excluding hydrogens is 675 g/mol. The van der Waals surface area contributed by atoms with Crippen LogP contribution in [0.5, 0.6) is 0 Å². The molecule has 5 aromatic carbocycles. The Hall–Kier alpha value is -5.56. The summed E-state index contributed by atoms with van der Waals surface area (Å²) in [5.41, 5.74) is 4.62. The van der Waals surface area contributed by atoms with Gasteiger partial charge in [-0.3, -0.25) is 24.6 Å². The Morgan fingerprint density at radius 3 is 2.43 bits per heavy atom. The molecule has 6 aromatic rings. The van der Waals surface area contributed by atoms with Gasteiger partial charge in [-0.2, -0.15) is 0 Å². The SMILES string of the molecule is Cc1ccccc1C(=O)Nc1ccc2nc(Sc3ccc(/C=C4\SC(=Nc5ccccc5)N(c5ccccc5)C4=O)cc3[N+](=O)[O-])sc2c1. The van der Waals surface area contributed by atoms with E-state index in [0.29, 0.717) is 47.5 Å². The summed E-state index contributed by atoms with van der Waals surface area (Å²) < 4.78 is 1.45. The number of amides is 2. The lowest BCUT2D eigenvalue weighted by atomic mass is 10.1. The zero-order chi connectivity index (χ0) is 33.9. The molecule has 1 saturated heterocycles. The van der Waals surface area contributed by atoms with Gasteiger partial charge in [0.1, 0.15) is 0 Å². The first-order valence-corrected chi connectivity index (χ1v) is 17.4. The second kappa shape index (κ2) is 13.9. The minimum atomic E-state index is -0.432. The summed E-state index contributed by atoms with van der Waals surface area (Å²) in [6, 6.07) is 36.3. The van der Waals surface area contributed by atoms with E-state index < -0.39 is 4.92 Å². The maximum absolute atomic E-state index is 13.7. The minimum absolute atomic E-state index is 0.0988. The van der Waals surface area contributed by atoms with Crippen molar-refractivity contribution in [2.24, 2.45) is 4.99 Å². The number of aromatic nitrogens is 1. The summed E-state index contributed by atoms with van der Waals surface area (Å²) in [5, 5.41) is 15.7. The number of aliphatic imine (C=N–C) groups is 1. The molecule has 1 aromatic heterocycles. The van der Waals surface area contributed by atoms with Crippen LogP contribution >= 0.6 is 34.9 Å². The van der Waals surface area contributed by atoms with Crippen molar-refractivity contribution in [1.29, 1.82) is 0 Å². The van der Waals surface area contributed by atoms with Crippen LogP contribution in [0, 0.1) is 17.0 Å². The lowest BCUT2D eigenvalue weighted by molar-refractivity contribution is -0.387. The van der Waals surface area contributed by atoms with E-state index in [1.54, 1.807) is 35.2 Å². The molecule has 0 aliphatic carbocycles. The Balaban J connectivity index is 1.14. The van der Waals surface area contributed by atoms with Gasteiger partial charge in [0, 0.05) is 17.3 Å². The predicted octanol–water partition coefficient (Wildman–Crippen LogP) is 9.73. The number of benzene rings is 5. The Bertz CT molecular complexity index is 2310. The van der Waals surface area contributed by atoms with Crippen molar-refractivity contribution >= 4 is 90.9 Å². The number of rotatable bonds is 8. The normalized spacial score (nSPS) is 14.6. The summed E-state index contributed by atoms with van der Waals surface area (Å²) in [6.45, 7) is 1.89. The second-order valence-electron chi connectivity index (χ2n) is 10.8. The number of nitrogens with zero attached hydrogens (tertiary/aromatic N) is 4. The van der Waals surface area contributed by atoms with Crippen LogP contribution in [-0.4, -0.2) is 26.9 Å². The molecule has 0 bridgehead atoms. The first-order valence-electron chi connectivity index (χ1n) is 15.0. The van der Waals surface area contributed by atoms with Gasteiger partial charge in [0.25, 0.3) is 17.5 Å². The van der Waals surface area contributed by atoms with Crippen molar-refractivity contribution in [2.45, 2.75) is 16.2 Å². The molecule has 12 heteroatoms. The minimum Gasteiger partial charge on any atom is -0.322 e. The number of hydrogen-bond acceptors (Lipinski definition) is 9. The van der Waals surface area contributed by atoms with Crippen molar-refractivity contribution < 1.29 is 14.5 Å². The molecule has 2 heterocycles. The van der Waals surface area contributed by atoms with E-state index in [1.165, 1.54) is 40.9 Å². The van der Waals surface area contributed by atoms with E-state index in [4.69, 9.17) is 4.99 Å². The highest BCUT2D eigenvalue weighted by Crippen LogP contribution is 2.41. The van der Waals surface area contributed by atoms with Gasteiger partial charge in [0.2, 0.25) is 0 Å². The maximum atomic E-state index is 13.7. The van der Waals surface area contributed by atoms with Crippen LogP contribution in [-0.2, 0) is 4.79 Å². The fourth-order valence-electron chi connectivity index (χ4n) is 5.12. The van der Waals surface area contributed by atoms with Gasteiger partial charge in [0.05, 0.1) is 36.3 Å². The molecule has 1 aliphatic heterocycles. The number of amidine groups is 1. The van der Waals surface area contributed by atoms with E-state index in [1.807, 2.05) is 97.9 Å². The number of carbonyl (C=O) groups excluding carboxylic acids is 2. The summed E-state index contributed by atoms with van der Waals surface area (Å²) in [6.07, 6.45) is 1.66. The van der Waals surface area contributed by atoms with Crippen LogP contribution in [0.1, 0.15) is 21.5 Å². The van der Waals surface area contributed by atoms with Gasteiger partial charge in [0.15, 0.2) is 9.51 Å². The molecule has 1 fully saturated rings. The number of nitrogens with one attached hydrogen (secondary N) is 1. The number of para-hydroxylation sites is 2. The zero-order valence-electron chi connectivity index (χ0n) is 25.8. The zero-order valence-corrected chi connectivity index (χ0v) is 28.2. The average molecular weight is 700 g/mol. The molecule has 49 heavy (non-hydrogen) atoms. The third-order valence-corrected chi connectivity index (χ3v) is 10.6. The summed E-state index contributed by atoms with van der Waals surface area (Å²) in [5.74, 6) is -0.469. The molecule has 0 spiro atoms.